The summed E-state index contributed by atoms with van der Waals surface area (Å²) in [5.74, 6) is 0.0854. The van der Waals surface area contributed by atoms with E-state index in [9.17, 15) is 9.59 Å². The summed E-state index contributed by atoms with van der Waals surface area (Å²) in [6.45, 7) is 9.83. The summed E-state index contributed by atoms with van der Waals surface area (Å²) in [5, 5.41) is 13.6. The van der Waals surface area contributed by atoms with Crippen LogP contribution in [-0.2, 0) is 9.59 Å². The summed E-state index contributed by atoms with van der Waals surface area (Å²) in [6.07, 6.45) is 0.753. The van der Waals surface area contributed by atoms with Crippen LogP contribution >= 0.6 is 22.7 Å². The smallest absolute Gasteiger partial charge is 0.257 e. The summed E-state index contributed by atoms with van der Waals surface area (Å²) < 4.78 is 0. The largest absolute Gasteiger partial charge is 0.350 e. The van der Waals surface area contributed by atoms with Gasteiger partial charge in [0.2, 0.25) is 5.91 Å². The van der Waals surface area contributed by atoms with Gasteiger partial charge >= 0.3 is 0 Å². The van der Waals surface area contributed by atoms with Crippen molar-refractivity contribution in [2.45, 2.75) is 38.8 Å². The molecule has 2 aromatic heterocycles. The molecule has 32 heavy (non-hydrogen) atoms. The molecular weight excluding hydrogens is 442 g/mol. The van der Waals surface area contributed by atoms with Crippen molar-refractivity contribution in [2.24, 2.45) is 5.10 Å². The van der Waals surface area contributed by atoms with Gasteiger partial charge in [0.1, 0.15) is 0 Å². The number of thiophene rings is 2. The first-order chi connectivity index (χ1) is 15.3. The van der Waals surface area contributed by atoms with E-state index >= 15 is 0 Å². The van der Waals surface area contributed by atoms with Crippen LogP contribution < -0.4 is 5.32 Å². The van der Waals surface area contributed by atoms with E-state index in [0.29, 0.717) is 13.1 Å². The van der Waals surface area contributed by atoms with Gasteiger partial charge in [0.05, 0.1) is 29.7 Å². The van der Waals surface area contributed by atoms with E-state index in [4.69, 9.17) is 5.10 Å². The minimum Gasteiger partial charge on any atom is -0.350 e. The van der Waals surface area contributed by atoms with Crippen LogP contribution in [0.5, 0.6) is 0 Å². The fourth-order valence-electron chi connectivity index (χ4n) is 4.06. The number of carbonyl (C=O) groups excluding carboxylic acids is 2. The first-order valence-corrected chi connectivity index (χ1v) is 12.8. The molecule has 1 N–H and O–H groups in total. The van der Waals surface area contributed by atoms with Gasteiger partial charge in [-0.15, -0.1) is 22.7 Å². The maximum absolute atomic E-state index is 13.3. The number of piperazine rings is 1. The highest BCUT2D eigenvalue weighted by atomic mass is 32.1. The van der Waals surface area contributed by atoms with Crippen molar-refractivity contribution in [3.05, 3.63) is 44.8 Å². The summed E-state index contributed by atoms with van der Waals surface area (Å²) >= 11 is 3.34. The van der Waals surface area contributed by atoms with Gasteiger partial charge in [0.15, 0.2) is 0 Å². The molecule has 2 aliphatic rings. The SMILES string of the molecule is CC(C)(C)NC(=O)CN1CCN(CC(=O)N2N=C(c3cccs3)CC2c2cccs2)CC1. The molecule has 1 fully saturated rings. The zero-order chi connectivity index (χ0) is 22.7. The molecular formula is C23H31N5O2S2. The van der Waals surface area contributed by atoms with Crippen molar-refractivity contribution in [1.82, 2.24) is 20.1 Å². The third-order valence-corrected chi connectivity index (χ3v) is 7.44. The Morgan fingerprint density at radius 1 is 1.03 bits per heavy atom. The molecule has 7 nitrogen and oxygen atoms in total. The Bertz CT molecular complexity index is 942. The van der Waals surface area contributed by atoms with Crippen molar-refractivity contribution in [2.75, 3.05) is 39.3 Å². The Balaban J connectivity index is 1.34. The van der Waals surface area contributed by atoms with Crippen molar-refractivity contribution in [1.29, 1.82) is 0 Å². The highest BCUT2D eigenvalue weighted by Crippen LogP contribution is 2.36. The molecule has 172 valence electrons. The van der Waals surface area contributed by atoms with Crippen molar-refractivity contribution in [3.63, 3.8) is 0 Å². The second kappa shape index (κ2) is 9.82. The zero-order valence-corrected chi connectivity index (χ0v) is 20.5. The molecule has 0 saturated carbocycles. The highest BCUT2D eigenvalue weighted by molar-refractivity contribution is 7.12. The number of amides is 2. The molecule has 0 bridgehead atoms. The van der Waals surface area contributed by atoms with E-state index in [1.807, 2.05) is 38.3 Å². The van der Waals surface area contributed by atoms with Gasteiger partial charge in [-0.25, -0.2) is 5.01 Å². The average Bonchev–Trinajstić information content (AvgIpc) is 3.48. The topological polar surface area (TPSA) is 68.2 Å². The quantitative estimate of drug-likeness (QED) is 0.700. The molecule has 4 rings (SSSR count). The van der Waals surface area contributed by atoms with Crippen molar-refractivity contribution >= 4 is 40.2 Å². The van der Waals surface area contributed by atoms with E-state index in [-0.39, 0.29) is 23.4 Å². The normalized spacial score (nSPS) is 20.4. The minimum absolute atomic E-state index is 0.0259. The van der Waals surface area contributed by atoms with Crippen LogP contribution in [0.3, 0.4) is 0 Å². The van der Waals surface area contributed by atoms with Crippen LogP contribution in [0.1, 0.15) is 43.0 Å². The predicted octanol–water partition coefficient (Wildman–Crippen LogP) is 3.02. The van der Waals surface area contributed by atoms with E-state index < -0.39 is 0 Å². The first kappa shape index (κ1) is 23.1. The molecule has 0 radical (unpaired) electrons. The summed E-state index contributed by atoms with van der Waals surface area (Å²) in [6, 6.07) is 8.18. The molecule has 0 aromatic carbocycles. The fourth-order valence-corrected chi connectivity index (χ4v) is 5.60. The summed E-state index contributed by atoms with van der Waals surface area (Å²) in [7, 11) is 0. The molecule has 4 heterocycles. The molecule has 2 aromatic rings. The molecule has 1 saturated heterocycles. The maximum Gasteiger partial charge on any atom is 0.257 e. The van der Waals surface area contributed by atoms with Crippen molar-refractivity contribution in [3.8, 4) is 0 Å². The molecule has 9 heteroatoms. The lowest BCUT2D eigenvalue weighted by atomic mass is 10.1. The van der Waals surface area contributed by atoms with Gasteiger partial charge in [-0.05, 0) is 43.7 Å². The van der Waals surface area contributed by atoms with E-state index in [1.165, 1.54) is 4.88 Å². The van der Waals surface area contributed by atoms with Crippen molar-refractivity contribution < 1.29 is 9.59 Å². The van der Waals surface area contributed by atoms with Gasteiger partial charge in [-0.3, -0.25) is 19.4 Å². The second-order valence-electron chi connectivity index (χ2n) is 9.35. The lowest BCUT2D eigenvalue weighted by Crippen LogP contribution is -2.53. The lowest BCUT2D eigenvalue weighted by Gasteiger charge is -2.35. The monoisotopic (exact) mass is 473 g/mol. The first-order valence-electron chi connectivity index (χ1n) is 11.0. The van der Waals surface area contributed by atoms with Crippen LogP contribution in [0.4, 0.5) is 0 Å². The minimum atomic E-state index is -0.220. The standard InChI is InChI=1S/C23H31N5O2S2/c1-23(2,3)24-21(29)15-26-8-10-27(11-9-26)16-22(30)28-18(20-7-5-13-32-20)14-17(25-28)19-6-4-12-31-19/h4-7,12-13,18H,8-11,14-16H2,1-3H3,(H,24,29). The highest BCUT2D eigenvalue weighted by Gasteiger charge is 2.35. The summed E-state index contributed by atoms with van der Waals surface area (Å²) in [5.41, 5.74) is 0.768. The van der Waals surface area contributed by atoms with Crippen LogP contribution in [0, 0.1) is 0 Å². The number of hydrogen-bond donors (Lipinski definition) is 1. The molecule has 2 amide bonds. The number of nitrogens with one attached hydrogen (secondary N) is 1. The molecule has 1 unspecified atom stereocenters. The number of rotatable bonds is 6. The van der Waals surface area contributed by atoms with Gasteiger partial charge in [0.25, 0.3) is 5.91 Å². The second-order valence-corrected chi connectivity index (χ2v) is 11.3. The van der Waals surface area contributed by atoms with Gasteiger partial charge in [0, 0.05) is 43.0 Å². The molecule has 1 atom stereocenters. The molecule has 0 aliphatic carbocycles. The molecule has 2 aliphatic heterocycles. The Kier molecular flexibility index (Phi) is 7.09. The van der Waals surface area contributed by atoms with Gasteiger partial charge < -0.3 is 5.32 Å². The van der Waals surface area contributed by atoms with Crippen LogP contribution in [0.15, 0.2) is 40.1 Å². The van der Waals surface area contributed by atoms with Crippen LogP contribution in [0.2, 0.25) is 0 Å². The zero-order valence-electron chi connectivity index (χ0n) is 18.9. The predicted molar refractivity (Wildman–Crippen MR) is 130 cm³/mol. The number of nitrogens with zero attached hydrogens (tertiary/aromatic N) is 4. The third kappa shape index (κ3) is 5.83. The van der Waals surface area contributed by atoms with E-state index in [2.05, 4.69) is 32.6 Å². The van der Waals surface area contributed by atoms with Crippen LogP contribution in [0.25, 0.3) is 0 Å². The Morgan fingerprint density at radius 3 is 2.28 bits per heavy atom. The van der Waals surface area contributed by atoms with E-state index in [1.54, 1.807) is 27.7 Å². The van der Waals surface area contributed by atoms with E-state index in [0.717, 1.165) is 43.2 Å². The third-order valence-electron chi connectivity index (χ3n) is 5.55. The number of carbonyl (C=O) groups is 2. The Labute approximate surface area is 197 Å². The fraction of sp³-hybridized carbons (Fsp3) is 0.522. The maximum atomic E-state index is 13.3. The lowest BCUT2D eigenvalue weighted by molar-refractivity contribution is -0.135. The Hall–Kier alpha value is -2.07. The van der Waals surface area contributed by atoms with Gasteiger partial charge in [-0.1, -0.05) is 12.1 Å². The Morgan fingerprint density at radius 2 is 1.69 bits per heavy atom. The average molecular weight is 474 g/mol. The number of hydrogen-bond acceptors (Lipinski definition) is 7. The summed E-state index contributed by atoms with van der Waals surface area (Å²) in [4.78, 5) is 32.1. The molecule has 0 spiro atoms. The van der Waals surface area contributed by atoms with Crippen LogP contribution in [-0.4, -0.2) is 77.1 Å². The van der Waals surface area contributed by atoms with Gasteiger partial charge in [-0.2, -0.15) is 5.10 Å². The number of hydrazone groups is 1.